The van der Waals surface area contributed by atoms with E-state index in [0.717, 1.165) is 29.7 Å². The molecule has 1 atom stereocenters. The number of amides is 1. The second kappa shape index (κ2) is 7.67. The van der Waals surface area contributed by atoms with E-state index in [-0.39, 0.29) is 11.4 Å². The number of fused-ring (bicyclic) bond motifs is 1. The normalized spacial score (nSPS) is 12.4. The van der Waals surface area contributed by atoms with Gasteiger partial charge in [-0.2, -0.15) is 13.2 Å². The maximum atomic E-state index is 12.6. The summed E-state index contributed by atoms with van der Waals surface area (Å²) in [5.41, 5.74) is -0.0104. The van der Waals surface area contributed by atoms with Crippen molar-refractivity contribution in [3.63, 3.8) is 0 Å². The summed E-state index contributed by atoms with van der Waals surface area (Å²) >= 11 is 0. The summed E-state index contributed by atoms with van der Waals surface area (Å²) in [7, 11) is 0. The monoisotopic (exact) mass is 388 g/mol. The van der Waals surface area contributed by atoms with Crippen molar-refractivity contribution in [2.75, 3.05) is 5.32 Å². The van der Waals surface area contributed by atoms with Crippen molar-refractivity contribution >= 4 is 28.5 Å². The standard InChI is InChI=1S/C20H15F3N2O3/c1-12(18(26)24-15-9-7-14(8-10-15)20(21,22)23)28-19(27)17-11-6-13-4-2-3-5-16(13)25-17/h2-12H,1H3,(H,24,26)/t12-/m1/s1. The zero-order valence-electron chi connectivity index (χ0n) is 14.7. The third-order valence-electron chi connectivity index (χ3n) is 3.94. The second-order valence-corrected chi connectivity index (χ2v) is 6.00. The quantitative estimate of drug-likeness (QED) is 0.671. The molecule has 1 amide bonds. The van der Waals surface area contributed by atoms with Gasteiger partial charge in [0, 0.05) is 11.1 Å². The van der Waals surface area contributed by atoms with Crippen LogP contribution in [0.4, 0.5) is 18.9 Å². The van der Waals surface area contributed by atoms with Crippen LogP contribution in [0.15, 0.2) is 60.7 Å². The maximum absolute atomic E-state index is 12.6. The number of hydrogen-bond acceptors (Lipinski definition) is 4. The molecule has 0 saturated carbocycles. The first-order chi connectivity index (χ1) is 13.2. The zero-order valence-corrected chi connectivity index (χ0v) is 14.7. The van der Waals surface area contributed by atoms with Crippen LogP contribution < -0.4 is 5.32 Å². The van der Waals surface area contributed by atoms with Gasteiger partial charge in [0.15, 0.2) is 6.10 Å². The van der Waals surface area contributed by atoms with E-state index in [1.165, 1.54) is 13.0 Å². The number of alkyl halides is 3. The van der Waals surface area contributed by atoms with Crippen LogP contribution in [0.2, 0.25) is 0 Å². The van der Waals surface area contributed by atoms with Crippen LogP contribution in [0.3, 0.4) is 0 Å². The van der Waals surface area contributed by atoms with Crippen LogP contribution in [0, 0.1) is 0 Å². The molecule has 0 aliphatic rings. The summed E-state index contributed by atoms with van der Waals surface area (Å²) in [5, 5.41) is 3.26. The minimum absolute atomic E-state index is 0.0490. The smallest absolute Gasteiger partial charge is 0.416 e. The molecule has 8 heteroatoms. The molecule has 0 aliphatic heterocycles. The third-order valence-corrected chi connectivity index (χ3v) is 3.94. The Labute approximate surface area is 158 Å². The van der Waals surface area contributed by atoms with Crippen molar-refractivity contribution in [3.8, 4) is 0 Å². The Kier molecular flexibility index (Phi) is 5.30. The highest BCUT2D eigenvalue weighted by molar-refractivity contribution is 5.97. The molecule has 1 N–H and O–H groups in total. The molecule has 0 aliphatic carbocycles. The largest absolute Gasteiger partial charge is 0.448 e. The molecule has 28 heavy (non-hydrogen) atoms. The van der Waals surface area contributed by atoms with Crippen LogP contribution >= 0.6 is 0 Å². The van der Waals surface area contributed by atoms with Crippen molar-refractivity contribution in [3.05, 3.63) is 71.9 Å². The van der Waals surface area contributed by atoms with Gasteiger partial charge in [-0.15, -0.1) is 0 Å². The summed E-state index contributed by atoms with van der Waals surface area (Å²) in [6.07, 6.45) is -5.62. The summed E-state index contributed by atoms with van der Waals surface area (Å²) in [6, 6.07) is 14.4. The molecule has 0 saturated heterocycles. The van der Waals surface area contributed by atoms with Crippen LogP contribution in [0.5, 0.6) is 0 Å². The fourth-order valence-corrected chi connectivity index (χ4v) is 2.44. The number of hydrogen-bond donors (Lipinski definition) is 1. The molecule has 3 aromatic rings. The number of halogens is 3. The van der Waals surface area contributed by atoms with Gasteiger partial charge in [-0.25, -0.2) is 9.78 Å². The SMILES string of the molecule is C[C@@H](OC(=O)c1ccc2ccccc2n1)C(=O)Nc1ccc(C(F)(F)F)cc1. The average molecular weight is 388 g/mol. The molecule has 0 unspecified atom stereocenters. The van der Waals surface area contributed by atoms with E-state index >= 15 is 0 Å². The van der Waals surface area contributed by atoms with Gasteiger partial charge in [0.05, 0.1) is 11.1 Å². The number of ether oxygens (including phenoxy) is 1. The van der Waals surface area contributed by atoms with E-state index < -0.39 is 29.7 Å². The molecular formula is C20H15F3N2O3. The van der Waals surface area contributed by atoms with Crippen molar-refractivity contribution < 1.29 is 27.5 Å². The van der Waals surface area contributed by atoms with E-state index in [2.05, 4.69) is 10.3 Å². The molecule has 0 spiro atoms. The lowest BCUT2D eigenvalue weighted by Crippen LogP contribution is -2.30. The number of pyridine rings is 1. The fourth-order valence-electron chi connectivity index (χ4n) is 2.44. The van der Waals surface area contributed by atoms with Crippen LogP contribution in [0.1, 0.15) is 23.0 Å². The Morgan fingerprint density at radius 2 is 1.68 bits per heavy atom. The van der Waals surface area contributed by atoms with Gasteiger partial charge in [-0.1, -0.05) is 24.3 Å². The van der Waals surface area contributed by atoms with E-state index in [0.29, 0.717) is 5.52 Å². The van der Waals surface area contributed by atoms with Crippen LogP contribution in [0.25, 0.3) is 10.9 Å². The number of rotatable bonds is 4. The third kappa shape index (κ3) is 4.46. The number of anilines is 1. The Morgan fingerprint density at radius 1 is 1.00 bits per heavy atom. The number of carbonyl (C=O) groups excluding carboxylic acids is 2. The van der Waals surface area contributed by atoms with Crippen LogP contribution in [-0.2, 0) is 15.7 Å². The predicted octanol–water partition coefficient (Wildman–Crippen LogP) is 4.44. The van der Waals surface area contributed by atoms with Gasteiger partial charge in [-0.3, -0.25) is 4.79 Å². The van der Waals surface area contributed by atoms with Gasteiger partial charge in [-0.05, 0) is 43.3 Å². The highest BCUT2D eigenvalue weighted by Gasteiger charge is 2.30. The van der Waals surface area contributed by atoms with E-state index in [1.54, 1.807) is 18.2 Å². The van der Waals surface area contributed by atoms with E-state index in [9.17, 15) is 22.8 Å². The summed E-state index contributed by atoms with van der Waals surface area (Å²) in [6.45, 7) is 1.36. The summed E-state index contributed by atoms with van der Waals surface area (Å²) in [5.74, 6) is -1.45. The Balaban J connectivity index is 1.63. The number of esters is 1. The van der Waals surface area contributed by atoms with E-state index in [4.69, 9.17) is 4.74 Å². The lowest BCUT2D eigenvalue weighted by molar-refractivity contribution is -0.137. The topological polar surface area (TPSA) is 68.3 Å². The fraction of sp³-hybridized carbons (Fsp3) is 0.150. The van der Waals surface area contributed by atoms with Gasteiger partial charge in [0.25, 0.3) is 5.91 Å². The van der Waals surface area contributed by atoms with Crippen molar-refractivity contribution in [2.45, 2.75) is 19.2 Å². The number of aromatic nitrogens is 1. The Morgan fingerprint density at radius 3 is 2.36 bits per heavy atom. The lowest BCUT2D eigenvalue weighted by atomic mass is 10.2. The molecule has 0 bridgehead atoms. The molecule has 2 aromatic carbocycles. The molecule has 1 aromatic heterocycles. The van der Waals surface area contributed by atoms with Gasteiger partial charge >= 0.3 is 12.1 Å². The number of nitrogens with zero attached hydrogens (tertiary/aromatic N) is 1. The molecule has 5 nitrogen and oxygen atoms in total. The highest BCUT2D eigenvalue weighted by Crippen LogP contribution is 2.29. The molecule has 144 valence electrons. The lowest BCUT2D eigenvalue weighted by Gasteiger charge is -2.14. The maximum Gasteiger partial charge on any atom is 0.416 e. The molecule has 3 rings (SSSR count). The van der Waals surface area contributed by atoms with Crippen molar-refractivity contribution in [2.24, 2.45) is 0 Å². The number of para-hydroxylation sites is 1. The van der Waals surface area contributed by atoms with Crippen LogP contribution in [-0.4, -0.2) is 23.0 Å². The average Bonchev–Trinajstić information content (AvgIpc) is 2.67. The number of nitrogens with one attached hydrogen (secondary N) is 1. The summed E-state index contributed by atoms with van der Waals surface area (Å²) in [4.78, 5) is 28.6. The predicted molar refractivity (Wildman–Crippen MR) is 96.7 cm³/mol. The zero-order chi connectivity index (χ0) is 20.3. The molecular weight excluding hydrogens is 373 g/mol. The first-order valence-corrected chi connectivity index (χ1v) is 8.29. The van der Waals surface area contributed by atoms with Crippen molar-refractivity contribution in [1.29, 1.82) is 0 Å². The second-order valence-electron chi connectivity index (χ2n) is 6.00. The number of benzene rings is 2. The van der Waals surface area contributed by atoms with Gasteiger partial charge in [0.1, 0.15) is 5.69 Å². The molecule has 1 heterocycles. The van der Waals surface area contributed by atoms with E-state index in [1.807, 2.05) is 12.1 Å². The Bertz CT molecular complexity index is 1020. The van der Waals surface area contributed by atoms with Crippen molar-refractivity contribution in [1.82, 2.24) is 4.98 Å². The molecule has 0 fully saturated rings. The first-order valence-electron chi connectivity index (χ1n) is 8.29. The highest BCUT2D eigenvalue weighted by atomic mass is 19.4. The summed E-state index contributed by atoms with van der Waals surface area (Å²) < 4.78 is 42.8. The minimum Gasteiger partial charge on any atom is -0.448 e. The number of carbonyl (C=O) groups is 2. The first kappa shape index (κ1) is 19.3. The molecule has 0 radical (unpaired) electrons. The minimum atomic E-state index is -4.46. The Hall–Kier alpha value is -3.42. The van der Waals surface area contributed by atoms with Gasteiger partial charge < -0.3 is 10.1 Å². The van der Waals surface area contributed by atoms with Gasteiger partial charge in [0.2, 0.25) is 0 Å².